The summed E-state index contributed by atoms with van der Waals surface area (Å²) >= 11 is 5.07. The third-order valence-corrected chi connectivity index (χ3v) is 2.94. The van der Waals surface area contributed by atoms with Crippen molar-refractivity contribution in [2.45, 2.75) is 6.54 Å². The van der Waals surface area contributed by atoms with Gasteiger partial charge in [-0.25, -0.2) is 0 Å². The molecule has 0 saturated heterocycles. The third-order valence-electron chi connectivity index (χ3n) is 2.70. The summed E-state index contributed by atoms with van der Waals surface area (Å²) < 4.78 is 0. The molecule has 0 atom stereocenters. The highest BCUT2D eigenvalue weighted by Crippen LogP contribution is 1.98. The number of hydrazone groups is 1. The van der Waals surface area contributed by atoms with Gasteiger partial charge in [0.15, 0.2) is 5.11 Å². The van der Waals surface area contributed by atoms with Gasteiger partial charge in [-0.2, -0.15) is 5.10 Å². The summed E-state index contributed by atoms with van der Waals surface area (Å²) in [5.41, 5.74) is 4.33. The van der Waals surface area contributed by atoms with Crippen LogP contribution in [0.1, 0.15) is 15.9 Å². The maximum atomic E-state index is 11.8. The van der Waals surface area contributed by atoms with E-state index < -0.39 is 0 Å². The molecule has 0 aliphatic rings. The summed E-state index contributed by atoms with van der Waals surface area (Å²) in [6.45, 7) is 0.606. The topological polar surface area (TPSA) is 53.5 Å². The first-order valence-corrected chi connectivity index (χ1v) is 6.87. The number of ketones is 1. The number of nitrogens with zero attached hydrogens (tertiary/aromatic N) is 1. The summed E-state index contributed by atoms with van der Waals surface area (Å²) in [6, 6.07) is 18.8. The van der Waals surface area contributed by atoms with Crippen molar-refractivity contribution < 1.29 is 4.79 Å². The fraction of sp³-hybridized carbons (Fsp3) is 0.0625. The molecule has 0 bridgehead atoms. The Morgan fingerprint density at radius 3 is 2.33 bits per heavy atom. The Hall–Kier alpha value is -2.53. The van der Waals surface area contributed by atoms with Crippen LogP contribution in [0, 0.1) is 0 Å². The van der Waals surface area contributed by atoms with E-state index in [2.05, 4.69) is 15.8 Å². The smallest absolute Gasteiger partial charge is 0.205 e. The lowest BCUT2D eigenvalue weighted by atomic mass is 10.1. The first-order chi connectivity index (χ1) is 10.3. The Labute approximate surface area is 128 Å². The molecule has 0 unspecified atom stereocenters. The SMILES string of the molecule is O=C(/C=N\NC(=S)NCc1ccccc1)c1ccccc1. The summed E-state index contributed by atoms with van der Waals surface area (Å²) in [5, 5.41) is 7.21. The highest BCUT2D eigenvalue weighted by Gasteiger charge is 2.00. The Morgan fingerprint density at radius 2 is 1.67 bits per heavy atom. The molecule has 0 fully saturated rings. The molecule has 21 heavy (non-hydrogen) atoms. The lowest BCUT2D eigenvalue weighted by molar-refractivity contribution is 0.107. The molecule has 2 aromatic carbocycles. The van der Waals surface area contributed by atoms with Gasteiger partial charge in [0, 0.05) is 12.1 Å². The van der Waals surface area contributed by atoms with Crippen LogP contribution >= 0.6 is 12.2 Å². The number of hydrogen-bond acceptors (Lipinski definition) is 3. The van der Waals surface area contributed by atoms with E-state index in [0.717, 1.165) is 5.56 Å². The highest BCUT2D eigenvalue weighted by atomic mass is 32.1. The third kappa shape index (κ3) is 5.16. The molecule has 5 heteroatoms. The molecule has 2 N–H and O–H groups in total. The van der Waals surface area contributed by atoms with E-state index in [9.17, 15) is 4.79 Å². The molecule has 0 aromatic heterocycles. The lowest BCUT2D eigenvalue weighted by Gasteiger charge is -2.06. The van der Waals surface area contributed by atoms with Crippen molar-refractivity contribution in [1.82, 2.24) is 10.7 Å². The Kier molecular flexibility index (Phi) is 5.60. The predicted octanol–water partition coefficient (Wildman–Crippen LogP) is 2.52. The van der Waals surface area contributed by atoms with Crippen LogP contribution in [-0.4, -0.2) is 17.1 Å². The van der Waals surface area contributed by atoms with E-state index >= 15 is 0 Å². The van der Waals surface area contributed by atoms with Crippen molar-refractivity contribution in [2.24, 2.45) is 5.10 Å². The van der Waals surface area contributed by atoms with E-state index in [-0.39, 0.29) is 5.78 Å². The molecule has 0 saturated carbocycles. The second-order valence-electron chi connectivity index (χ2n) is 4.27. The summed E-state index contributed by atoms with van der Waals surface area (Å²) in [5.74, 6) is -0.172. The van der Waals surface area contributed by atoms with Crippen molar-refractivity contribution in [1.29, 1.82) is 0 Å². The van der Waals surface area contributed by atoms with Crippen LogP contribution in [0.3, 0.4) is 0 Å². The van der Waals surface area contributed by atoms with Gasteiger partial charge in [-0.1, -0.05) is 60.7 Å². The molecule has 106 valence electrons. The van der Waals surface area contributed by atoms with Gasteiger partial charge >= 0.3 is 0 Å². The second kappa shape index (κ2) is 7.91. The van der Waals surface area contributed by atoms with E-state index in [0.29, 0.717) is 17.2 Å². The molecule has 0 aliphatic carbocycles. The fourth-order valence-corrected chi connectivity index (χ4v) is 1.77. The van der Waals surface area contributed by atoms with Gasteiger partial charge in [0.1, 0.15) is 0 Å². The molecular weight excluding hydrogens is 282 g/mol. The van der Waals surface area contributed by atoms with Gasteiger partial charge in [0.2, 0.25) is 5.78 Å². The number of hydrogen-bond donors (Lipinski definition) is 2. The minimum absolute atomic E-state index is 0.172. The number of carbonyl (C=O) groups excluding carboxylic acids is 1. The van der Waals surface area contributed by atoms with Crippen LogP contribution < -0.4 is 10.7 Å². The van der Waals surface area contributed by atoms with Crippen LogP contribution in [0.2, 0.25) is 0 Å². The Morgan fingerprint density at radius 1 is 1.05 bits per heavy atom. The number of benzene rings is 2. The summed E-state index contributed by atoms with van der Waals surface area (Å²) in [6.07, 6.45) is 1.21. The van der Waals surface area contributed by atoms with Crippen LogP contribution in [0.4, 0.5) is 0 Å². The average molecular weight is 297 g/mol. The monoisotopic (exact) mass is 297 g/mol. The van der Waals surface area contributed by atoms with E-state index in [4.69, 9.17) is 12.2 Å². The van der Waals surface area contributed by atoms with Crippen LogP contribution in [0.25, 0.3) is 0 Å². The van der Waals surface area contributed by atoms with Crippen LogP contribution in [0.5, 0.6) is 0 Å². The van der Waals surface area contributed by atoms with Gasteiger partial charge in [0.05, 0.1) is 6.21 Å². The largest absolute Gasteiger partial charge is 0.357 e. The summed E-state index contributed by atoms with van der Waals surface area (Å²) in [7, 11) is 0. The molecule has 0 heterocycles. The van der Waals surface area contributed by atoms with Crippen molar-refractivity contribution >= 4 is 29.3 Å². The van der Waals surface area contributed by atoms with E-state index in [1.54, 1.807) is 24.3 Å². The Bertz CT molecular complexity index is 626. The number of thiocarbonyl (C=S) groups is 1. The quantitative estimate of drug-likeness (QED) is 0.385. The van der Waals surface area contributed by atoms with Crippen molar-refractivity contribution in [3.05, 3.63) is 71.8 Å². The van der Waals surface area contributed by atoms with Crippen molar-refractivity contribution in [3.63, 3.8) is 0 Å². The molecular formula is C16H15N3OS. The molecule has 0 radical (unpaired) electrons. The van der Waals surface area contributed by atoms with Gasteiger partial charge in [0.25, 0.3) is 0 Å². The first-order valence-electron chi connectivity index (χ1n) is 6.46. The molecule has 0 aliphatic heterocycles. The molecule has 2 rings (SSSR count). The van der Waals surface area contributed by atoms with Gasteiger partial charge in [-0.05, 0) is 17.8 Å². The lowest BCUT2D eigenvalue weighted by Crippen LogP contribution is -2.31. The maximum Gasteiger partial charge on any atom is 0.205 e. The van der Waals surface area contributed by atoms with Crippen molar-refractivity contribution in [3.8, 4) is 0 Å². The van der Waals surface area contributed by atoms with E-state index in [1.165, 1.54) is 6.21 Å². The zero-order valence-corrected chi connectivity index (χ0v) is 12.1. The molecule has 0 amide bonds. The first kappa shape index (κ1) is 14.9. The zero-order valence-electron chi connectivity index (χ0n) is 11.3. The Balaban J connectivity index is 1.76. The highest BCUT2D eigenvalue weighted by molar-refractivity contribution is 7.80. The molecule has 0 spiro atoms. The second-order valence-corrected chi connectivity index (χ2v) is 4.68. The minimum atomic E-state index is -0.172. The number of carbonyl (C=O) groups is 1. The normalized spacial score (nSPS) is 10.3. The molecule has 2 aromatic rings. The van der Waals surface area contributed by atoms with Crippen molar-refractivity contribution in [2.75, 3.05) is 0 Å². The number of Topliss-reactive ketones (excluding diaryl/α,β-unsaturated/α-hetero) is 1. The van der Waals surface area contributed by atoms with Gasteiger partial charge < -0.3 is 5.32 Å². The predicted molar refractivity (Wildman–Crippen MR) is 88.3 cm³/mol. The fourth-order valence-electron chi connectivity index (χ4n) is 1.64. The standard InChI is InChI=1S/C16H15N3OS/c20-15(14-9-5-2-6-10-14)12-18-19-16(21)17-11-13-7-3-1-4-8-13/h1-10,12H,11H2,(H2,17,19,21)/b18-12-. The van der Waals surface area contributed by atoms with Gasteiger partial charge in [-0.15, -0.1) is 0 Å². The number of nitrogens with one attached hydrogen (secondary N) is 2. The van der Waals surface area contributed by atoms with Crippen LogP contribution in [0.15, 0.2) is 65.8 Å². The van der Waals surface area contributed by atoms with E-state index in [1.807, 2.05) is 36.4 Å². The van der Waals surface area contributed by atoms with Crippen LogP contribution in [-0.2, 0) is 6.54 Å². The minimum Gasteiger partial charge on any atom is -0.357 e. The molecule has 4 nitrogen and oxygen atoms in total. The van der Waals surface area contributed by atoms with Gasteiger partial charge in [-0.3, -0.25) is 10.2 Å². The number of rotatable bonds is 5. The summed E-state index contributed by atoms with van der Waals surface area (Å²) in [4.78, 5) is 11.8. The average Bonchev–Trinajstić information content (AvgIpc) is 2.54. The maximum absolute atomic E-state index is 11.8. The zero-order chi connectivity index (χ0) is 14.9.